The van der Waals surface area contributed by atoms with E-state index in [1.165, 1.54) is 22.8 Å². The van der Waals surface area contributed by atoms with E-state index >= 15 is 0 Å². The standard InChI is InChI=1S/C10H14OPS2/c1-5-9(6-2)13-12(11)14-10(7-3)8-4/h1,3,9-10H,6,8H2,2,4H3/q+1/t9-,10-/m1/s1. The fourth-order valence-electron chi connectivity index (χ4n) is 0.678. The van der Waals surface area contributed by atoms with Crippen molar-refractivity contribution in [3.8, 4) is 24.7 Å². The molecule has 1 nitrogen and oxygen atoms in total. The SMILES string of the molecule is C#C[C@H](CC)S[P+](=O)S[C@H](C#C)CC. The summed E-state index contributed by atoms with van der Waals surface area (Å²) in [6.45, 7) is 3.98. The molecule has 2 atom stereocenters. The second-order valence-electron chi connectivity index (χ2n) is 2.56. The topological polar surface area (TPSA) is 17.1 Å². The molecule has 0 saturated carbocycles. The molecule has 0 fully saturated rings. The van der Waals surface area contributed by atoms with E-state index in [1.54, 1.807) is 0 Å². The zero-order valence-corrected chi connectivity index (χ0v) is 10.9. The van der Waals surface area contributed by atoms with Crippen LogP contribution in [0.2, 0.25) is 0 Å². The van der Waals surface area contributed by atoms with Crippen molar-refractivity contribution in [1.29, 1.82) is 0 Å². The molecule has 0 aliphatic heterocycles. The molecule has 0 aromatic rings. The Morgan fingerprint density at radius 1 is 1.14 bits per heavy atom. The van der Waals surface area contributed by atoms with Crippen LogP contribution in [0.5, 0.6) is 0 Å². The van der Waals surface area contributed by atoms with Crippen molar-refractivity contribution in [2.45, 2.75) is 37.2 Å². The average Bonchev–Trinajstić information content (AvgIpc) is 2.22. The summed E-state index contributed by atoms with van der Waals surface area (Å²) in [5.74, 6) is 5.21. The Labute approximate surface area is 95.5 Å². The second-order valence-corrected chi connectivity index (χ2v) is 8.52. The van der Waals surface area contributed by atoms with Crippen LogP contribution in [0.3, 0.4) is 0 Å². The summed E-state index contributed by atoms with van der Waals surface area (Å²) in [6.07, 6.45) is 10.9. The molecule has 14 heavy (non-hydrogen) atoms. The smallest absolute Gasteiger partial charge is 0.119 e. The van der Waals surface area contributed by atoms with Crippen LogP contribution in [-0.2, 0) is 4.57 Å². The molecule has 0 heterocycles. The zero-order valence-electron chi connectivity index (χ0n) is 8.40. The predicted octanol–water partition coefficient (Wildman–Crippen LogP) is 3.93. The van der Waals surface area contributed by atoms with Gasteiger partial charge in [0.05, 0.1) is 0 Å². The molecule has 76 valence electrons. The van der Waals surface area contributed by atoms with E-state index in [0.29, 0.717) is 0 Å². The zero-order chi connectivity index (χ0) is 11.0. The Morgan fingerprint density at radius 3 is 1.71 bits per heavy atom. The lowest BCUT2D eigenvalue weighted by Crippen LogP contribution is -1.94. The fourth-order valence-corrected chi connectivity index (χ4v) is 6.54. The molecule has 0 saturated heterocycles. The minimum Gasteiger partial charge on any atom is -0.119 e. The second kappa shape index (κ2) is 8.25. The van der Waals surface area contributed by atoms with E-state index in [9.17, 15) is 4.57 Å². The van der Waals surface area contributed by atoms with Crippen LogP contribution in [0, 0.1) is 24.7 Å². The van der Waals surface area contributed by atoms with Gasteiger partial charge in [0.1, 0.15) is 10.5 Å². The molecule has 0 aliphatic rings. The monoisotopic (exact) mass is 245 g/mol. The molecule has 0 spiro atoms. The third-order valence-corrected chi connectivity index (χ3v) is 7.44. The largest absolute Gasteiger partial charge is 0.486 e. The summed E-state index contributed by atoms with van der Waals surface area (Å²) in [6, 6.07) is 0. The van der Waals surface area contributed by atoms with Gasteiger partial charge in [-0.1, -0.05) is 25.7 Å². The quantitative estimate of drug-likeness (QED) is 0.521. The summed E-state index contributed by atoms with van der Waals surface area (Å²) in [7, 11) is 0. The van der Waals surface area contributed by atoms with Gasteiger partial charge in [-0.25, -0.2) is 0 Å². The fraction of sp³-hybridized carbons (Fsp3) is 0.600. The number of terminal acetylenes is 2. The van der Waals surface area contributed by atoms with E-state index < -0.39 is 6.20 Å². The highest BCUT2D eigenvalue weighted by molar-refractivity contribution is 8.84. The molecule has 0 aliphatic carbocycles. The van der Waals surface area contributed by atoms with Crippen molar-refractivity contribution in [2.75, 3.05) is 0 Å². The Kier molecular flexibility index (Phi) is 8.20. The van der Waals surface area contributed by atoms with Crippen LogP contribution in [0.15, 0.2) is 0 Å². The number of hydrogen-bond donors (Lipinski definition) is 0. The Morgan fingerprint density at radius 2 is 1.50 bits per heavy atom. The third kappa shape index (κ3) is 5.61. The maximum absolute atomic E-state index is 11.6. The van der Waals surface area contributed by atoms with Crippen molar-refractivity contribution in [1.82, 2.24) is 0 Å². The van der Waals surface area contributed by atoms with Gasteiger partial charge in [0, 0.05) is 0 Å². The van der Waals surface area contributed by atoms with Crippen molar-refractivity contribution in [2.24, 2.45) is 0 Å². The van der Waals surface area contributed by atoms with Gasteiger partial charge in [-0.2, -0.15) is 0 Å². The Hall–Kier alpha value is -0.0800. The van der Waals surface area contributed by atoms with Gasteiger partial charge < -0.3 is 0 Å². The van der Waals surface area contributed by atoms with Crippen molar-refractivity contribution in [3.05, 3.63) is 0 Å². The van der Waals surface area contributed by atoms with Crippen LogP contribution in [0.4, 0.5) is 0 Å². The first-order valence-corrected chi connectivity index (χ1v) is 8.63. The van der Waals surface area contributed by atoms with E-state index in [4.69, 9.17) is 12.8 Å². The van der Waals surface area contributed by atoms with Crippen molar-refractivity contribution < 1.29 is 4.57 Å². The van der Waals surface area contributed by atoms with Crippen molar-refractivity contribution in [3.63, 3.8) is 0 Å². The summed E-state index contributed by atoms with van der Waals surface area (Å²) < 4.78 is 11.6. The molecular weight excluding hydrogens is 231 g/mol. The molecule has 0 bridgehead atoms. The van der Waals surface area contributed by atoms with Crippen LogP contribution >= 0.6 is 29.0 Å². The average molecular weight is 245 g/mol. The van der Waals surface area contributed by atoms with Crippen LogP contribution < -0.4 is 0 Å². The van der Waals surface area contributed by atoms with Gasteiger partial charge in [-0.05, 0) is 17.4 Å². The van der Waals surface area contributed by atoms with Gasteiger partial charge in [0.2, 0.25) is 0 Å². The summed E-state index contributed by atoms with van der Waals surface area (Å²) in [5.41, 5.74) is 0. The Balaban J connectivity index is 3.99. The molecular formula is C10H14OPS2+. The molecule has 0 amide bonds. The summed E-state index contributed by atoms with van der Waals surface area (Å²) >= 11 is 2.69. The van der Waals surface area contributed by atoms with Gasteiger partial charge in [0.25, 0.3) is 0 Å². The molecule has 0 aromatic carbocycles. The molecule has 4 heteroatoms. The molecule has 0 aromatic heterocycles. The van der Waals surface area contributed by atoms with Gasteiger partial charge in [-0.3, -0.25) is 0 Å². The maximum atomic E-state index is 11.6. The first-order valence-electron chi connectivity index (χ1n) is 4.40. The van der Waals surface area contributed by atoms with Gasteiger partial charge in [0.15, 0.2) is 22.8 Å². The van der Waals surface area contributed by atoms with Crippen LogP contribution in [0.1, 0.15) is 26.7 Å². The predicted molar refractivity (Wildman–Crippen MR) is 68.6 cm³/mol. The van der Waals surface area contributed by atoms with Gasteiger partial charge in [-0.15, -0.1) is 12.8 Å². The highest BCUT2D eigenvalue weighted by Gasteiger charge is 2.28. The lowest BCUT2D eigenvalue weighted by atomic mass is 10.3. The first-order chi connectivity index (χ1) is 6.67. The van der Waals surface area contributed by atoms with Crippen molar-refractivity contribution >= 4 is 29.0 Å². The highest BCUT2D eigenvalue weighted by Crippen LogP contribution is 2.54. The molecule has 0 N–H and O–H groups in total. The third-order valence-electron chi connectivity index (χ3n) is 1.54. The van der Waals surface area contributed by atoms with E-state index in [0.717, 1.165) is 12.8 Å². The molecule has 0 unspecified atom stereocenters. The minimum absolute atomic E-state index is 0.0430. The van der Waals surface area contributed by atoms with E-state index in [1.807, 2.05) is 13.8 Å². The number of hydrogen-bond acceptors (Lipinski definition) is 3. The summed E-state index contributed by atoms with van der Waals surface area (Å²) in [4.78, 5) is 0. The first kappa shape index (κ1) is 13.9. The molecule has 0 rings (SSSR count). The van der Waals surface area contributed by atoms with E-state index in [-0.39, 0.29) is 10.5 Å². The van der Waals surface area contributed by atoms with Crippen LogP contribution in [-0.4, -0.2) is 10.5 Å². The summed E-state index contributed by atoms with van der Waals surface area (Å²) in [5, 5.41) is 0.0859. The molecule has 0 radical (unpaired) electrons. The van der Waals surface area contributed by atoms with Gasteiger partial charge >= 0.3 is 6.20 Å². The number of rotatable bonds is 6. The maximum Gasteiger partial charge on any atom is 0.486 e. The minimum atomic E-state index is -1.38. The lowest BCUT2D eigenvalue weighted by molar-refractivity contribution is 0.603. The lowest BCUT2D eigenvalue weighted by Gasteiger charge is -1.98. The van der Waals surface area contributed by atoms with Crippen LogP contribution in [0.25, 0.3) is 0 Å². The highest BCUT2D eigenvalue weighted by atomic mass is 33.1. The van der Waals surface area contributed by atoms with E-state index in [2.05, 4.69) is 11.8 Å². The Bertz CT molecular complexity index is 238. The normalized spacial score (nSPS) is 13.7.